The van der Waals surface area contributed by atoms with Gasteiger partial charge in [0.25, 0.3) is 17.7 Å². The first-order valence-corrected chi connectivity index (χ1v) is 13.7. The number of pyridine rings is 1. The van der Waals surface area contributed by atoms with Crippen molar-refractivity contribution in [3.63, 3.8) is 0 Å². The summed E-state index contributed by atoms with van der Waals surface area (Å²) in [5.41, 5.74) is 1.75. The van der Waals surface area contributed by atoms with Crippen LogP contribution >= 0.6 is 11.6 Å². The van der Waals surface area contributed by atoms with Crippen LogP contribution in [0.25, 0.3) is 16.7 Å². The van der Waals surface area contributed by atoms with Crippen LogP contribution in [0.1, 0.15) is 33.6 Å². The quantitative estimate of drug-likeness (QED) is 0.511. The zero-order valence-corrected chi connectivity index (χ0v) is 20.7. The molecule has 2 aliphatic heterocycles. The Labute approximate surface area is 211 Å². The molecule has 2 aliphatic rings. The van der Waals surface area contributed by atoms with Gasteiger partial charge in [0, 0.05) is 73.1 Å². The van der Waals surface area contributed by atoms with E-state index in [1.165, 1.54) is 22.1 Å². The maximum atomic E-state index is 13.4. The second kappa shape index (κ2) is 9.11. The Balaban J connectivity index is 1.40. The number of carbonyl (C=O) groups excluding carboxylic acids is 2. The van der Waals surface area contributed by atoms with Gasteiger partial charge < -0.3 is 14.4 Å². The molecule has 36 heavy (non-hydrogen) atoms. The number of hydrogen-bond acceptors (Lipinski definition) is 5. The minimum atomic E-state index is -3.12. The van der Waals surface area contributed by atoms with Gasteiger partial charge in [0.1, 0.15) is 5.65 Å². The van der Waals surface area contributed by atoms with Gasteiger partial charge in [-0.1, -0.05) is 11.6 Å². The normalized spacial score (nSPS) is 19.4. The summed E-state index contributed by atoms with van der Waals surface area (Å²) in [4.78, 5) is 33.2. The number of hydrogen-bond donors (Lipinski definition) is 0. The number of carbonyl (C=O) groups is 2. The van der Waals surface area contributed by atoms with E-state index < -0.39 is 15.8 Å². The Morgan fingerprint density at radius 3 is 2.25 bits per heavy atom. The van der Waals surface area contributed by atoms with Gasteiger partial charge in [0.15, 0.2) is 9.84 Å². The fourth-order valence-electron chi connectivity index (χ4n) is 4.50. The Hall–Kier alpha value is -3.05. The monoisotopic (exact) mass is 536 g/mol. The van der Waals surface area contributed by atoms with E-state index >= 15 is 0 Å². The highest BCUT2D eigenvalue weighted by molar-refractivity contribution is 7.91. The van der Waals surface area contributed by atoms with Gasteiger partial charge in [0.05, 0.1) is 17.1 Å². The molecule has 0 bridgehead atoms. The molecule has 2 saturated heterocycles. The third-order valence-electron chi connectivity index (χ3n) is 6.59. The summed E-state index contributed by atoms with van der Waals surface area (Å²) in [6.07, 6.45) is 2.45. The zero-order valence-electron chi connectivity index (χ0n) is 19.2. The average molecular weight is 537 g/mol. The Bertz CT molecular complexity index is 1450. The molecule has 2 amide bonds. The number of nitrogens with zero attached hydrogens (tertiary/aromatic N) is 4. The average Bonchev–Trinajstić information content (AvgIpc) is 3.26. The molecule has 3 aromatic rings. The molecule has 8 nitrogen and oxygen atoms in total. The van der Waals surface area contributed by atoms with Crippen molar-refractivity contribution in [3.05, 3.63) is 58.9 Å². The Morgan fingerprint density at radius 1 is 0.917 bits per heavy atom. The molecule has 0 radical (unpaired) electrons. The molecule has 0 aliphatic carbocycles. The van der Waals surface area contributed by atoms with Gasteiger partial charge in [-0.3, -0.25) is 9.59 Å². The third-order valence-corrected chi connectivity index (χ3v) is 8.42. The molecular formula is C24H23ClF2N4O4S. The van der Waals surface area contributed by atoms with E-state index in [0.29, 0.717) is 32.9 Å². The number of alkyl halides is 2. The van der Waals surface area contributed by atoms with Gasteiger partial charge in [-0.05, 0) is 30.3 Å². The van der Waals surface area contributed by atoms with Crippen LogP contribution in [-0.4, -0.2) is 83.2 Å². The lowest BCUT2D eigenvalue weighted by molar-refractivity contribution is -0.0494. The number of aromatic nitrogens is 2. The molecule has 5 rings (SSSR count). The van der Waals surface area contributed by atoms with E-state index in [9.17, 15) is 26.8 Å². The molecule has 0 spiro atoms. The highest BCUT2D eigenvalue weighted by Crippen LogP contribution is 2.29. The van der Waals surface area contributed by atoms with Crippen molar-refractivity contribution in [1.29, 1.82) is 0 Å². The van der Waals surface area contributed by atoms with E-state index in [4.69, 9.17) is 11.6 Å². The minimum Gasteiger partial charge on any atom is -0.338 e. The molecule has 1 aromatic carbocycles. The number of fused-ring (bicyclic) bond motifs is 1. The second-order valence-electron chi connectivity index (χ2n) is 9.11. The van der Waals surface area contributed by atoms with Gasteiger partial charge in [-0.15, -0.1) is 0 Å². The SMILES string of the molecule is O=C(c1cnc2c(ccn2-c2cc(Cl)cc(C(=O)N3CCS(=O)(=O)CC3)c2)c1)N1CCC(F)(F)CC1. The van der Waals surface area contributed by atoms with E-state index in [0.717, 1.165) is 0 Å². The van der Waals surface area contributed by atoms with Crippen LogP contribution in [0.4, 0.5) is 8.78 Å². The first-order valence-electron chi connectivity index (χ1n) is 11.5. The molecule has 0 unspecified atom stereocenters. The molecule has 0 N–H and O–H groups in total. The molecule has 0 saturated carbocycles. The second-order valence-corrected chi connectivity index (χ2v) is 11.9. The lowest BCUT2D eigenvalue weighted by Crippen LogP contribution is -2.43. The van der Waals surface area contributed by atoms with Gasteiger partial charge in [0.2, 0.25) is 0 Å². The predicted molar refractivity (Wildman–Crippen MR) is 131 cm³/mol. The predicted octanol–water partition coefficient (Wildman–Crippen LogP) is 3.42. The third kappa shape index (κ3) is 4.94. The standard InChI is InChI=1S/C24H23ClF2N4O4S/c25-19-12-17(22(32)30-7-9-36(34,35)10-8-30)13-20(14-19)31-4-1-16-11-18(15-28-21(16)31)23(33)29-5-2-24(26,27)3-6-29/h1,4,11-15H,2-3,5-10H2. The molecular weight excluding hydrogens is 514 g/mol. The zero-order chi connectivity index (χ0) is 25.7. The van der Waals surface area contributed by atoms with Crippen LogP contribution in [0.15, 0.2) is 42.7 Å². The van der Waals surface area contributed by atoms with Crippen LogP contribution in [-0.2, 0) is 9.84 Å². The number of sulfone groups is 1. The number of amides is 2. The molecule has 2 aromatic heterocycles. The number of rotatable bonds is 3. The highest BCUT2D eigenvalue weighted by Gasteiger charge is 2.36. The summed E-state index contributed by atoms with van der Waals surface area (Å²) in [5, 5.41) is 0.994. The van der Waals surface area contributed by atoms with Crippen molar-refractivity contribution in [3.8, 4) is 5.69 Å². The summed E-state index contributed by atoms with van der Waals surface area (Å²) in [6.45, 7) is 0.241. The van der Waals surface area contributed by atoms with Crippen molar-refractivity contribution in [1.82, 2.24) is 19.4 Å². The van der Waals surface area contributed by atoms with Gasteiger partial charge in [-0.25, -0.2) is 22.2 Å². The maximum absolute atomic E-state index is 13.4. The van der Waals surface area contributed by atoms with E-state index in [2.05, 4.69) is 4.98 Å². The molecule has 4 heterocycles. The minimum absolute atomic E-state index is 0.00680. The Morgan fingerprint density at radius 2 is 1.56 bits per heavy atom. The maximum Gasteiger partial charge on any atom is 0.255 e. The van der Waals surface area contributed by atoms with Crippen LogP contribution in [0.5, 0.6) is 0 Å². The molecule has 12 heteroatoms. The fourth-order valence-corrected chi connectivity index (χ4v) is 5.93. The van der Waals surface area contributed by atoms with Crippen LogP contribution in [0, 0.1) is 0 Å². The summed E-state index contributed by atoms with van der Waals surface area (Å²) < 4.78 is 52.0. The van der Waals surface area contributed by atoms with Crippen LogP contribution in [0.3, 0.4) is 0 Å². The smallest absolute Gasteiger partial charge is 0.255 e. The largest absolute Gasteiger partial charge is 0.338 e. The van der Waals surface area contributed by atoms with Crippen molar-refractivity contribution in [2.45, 2.75) is 18.8 Å². The summed E-state index contributed by atoms with van der Waals surface area (Å²) in [7, 11) is -3.12. The number of piperidine rings is 1. The Kier molecular flexibility index (Phi) is 6.24. The van der Waals surface area contributed by atoms with Crippen molar-refractivity contribution < 1.29 is 26.8 Å². The number of halogens is 3. The summed E-state index contributed by atoms with van der Waals surface area (Å²) in [6, 6.07) is 8.30. The summed E-state index contributed by atoms with van der Waals surface area (Å²) in [5.74, 6) is -3.53. The fraction of sp³-hybridized carbons (Fsp3) is 0.375. The topological polar surface area (TPSA) is 92.6 Å². The van der Waals surface area contributed by atoms with Gasteiger partial charge in [-0.2, -0.15) is 0 Å². The van der Waals surface area contributed by atoms with Gasteiger partial charge >= 0.3 is 0 Å². The van der Waals surface area contributed by atoms with Crippen molar-refractivity contribution >= 4 is 44.3 Å². The molecule has 0 atom stereocenters. The number of likely N-dealkylation sites (tertiary alicyclic amines) is 1. The first kappa shape index (κ1) is 24.6. The van der Waals surface area contributed by atoms with Crippen LogP contribution < -0.4 is 0 Å². The van der Waals surface area contributed by atoms with E-state index in [-0.39, 0.29) is 62.3 Å². The summed E-state index contributed by atoms with van der Waals surface area (Å²) >= 11 is 6.32. The van der Waals surface area contributed by atoms with E-state index in [1.807, 2.05) is 0 Å². The highest BCUT2D eigenvalue weighted by atomic mass is 35.5. The number of benzene rings is 1. The van der Waals surface area contributed by atoms with Crippen LogP contribution in [0.2, 0.25) is 5.02 Å². The lowest BCUT2D eigenvalue weighted by Gasteiger charge is -2.31. The lowest BCUT2D eigenvalue weighted by atomic mass is 10.1. The molecule has 2 fully saturated rings. The first-order chi connectivity index (χ1) is 17.0. The van der Waals surface area contributed by atoms with Crippen molar-refractivity contribution in [2.75, 3.05) is 37.7 Å². The van der Waals surface area contributed by atoms with E-state index in [1.54, 1.807) is 35.0 Å². The van der Waals surface area contributed by atoms with Crippen molar-refractivity contribution in [2.24, 2.45) is 0 Å². The molecule has 190 valence electrons.